The van der Waals surface area contributed by atoms with E-state index in [2.05, 4.69) is 18.8 Å². The number of aromatic nitrogens is 2. The number of thioether (sulfide) groups is 1. The van der Waals surface area contributed by atoms with Crippen molar-refractivity contribution in [1.29, 1.82) is 0 Å². The molecule has 0 aromatic carbocycles. The van der Waals surface area contributed by atoms with E-state index in [1.54, 1.807) is 7.11 Å². The van der Waals surface area contributed by atoms with Crippen LogP contribution < -0.4 is 0 Å². The summed E-state index contributed by atoms with van der Waals surface area (Å²) in [5.74, 6) is -0.442. The maximum Gasteiger partial charge on any atom is 0.313 e. The van der Waals surface area contributed by atoms with Crippen LogP contribution in [0, 0.1) is 0 Å². The molecule has 0 aliphatic carbocycles. The van der Waals surface area contributed by atoms with Gasteiger partial charge in [-0.15, -0.1) is 0 Å². The predicted octanol–water partition coefficient (Wildman–Crippen LogP) is 1.83. The smallest absolute Gasteiger partial charge is 0.313 e. The predicted molar refractivity (Wildman–Crippen MR) is 66.6 cm³/mol. The number of imidazole rings is 1. The molecule has 0 atom stereocenters. The van der Waals surface area contributed by atoms with Gasteiger partial charge >= 0.3 is 5.97 Å². The van der Waals surface area contributed by atoms with Crippen LogP contribution in [0.1, 0.15) is 25.5 Å². The zero-order valence-corrected chi connectivity index (χ0v) is 11.2. The molecule has 0 fully saturated rings. The van der Waals surface area contributed by atoms with Gasteiger partial charge in [-0.2, -0.15) is 0 Å². The minimum Gasteiger partial charge on any atom is -0.481 e. The zero-order chi connectivity index (χ0) is 12.8. The lowest BCUT2D eigenvalue weighted by atomic mass is 10.1. The molecule has 5 nitrogen and oxygen atoms in total. The number of ether oxygens (including phenoxy) is 1. The molecule has 0 saturated heterocycles. The summed E-state index contributed by atoms with van der Waals surface area (Å²) in [6, 6.07) is 0. The molecule has 1 N–H and O–H groups in total. The van der Waals surface area contributed by atoms with Crippen LogP contribution in [0.3, 0.4) is 0 Å². The molecule has 6 heteroatoms. The van der Waals surface area contributed by atoms with Gasteiger partial charge in [0, 0.05) is 25.5 Å². The van der Waals surface area contributed by atoms with E-state index >= 15 is 0 Å². The van der Waals surface area contributed by atoms with E-state index in [4.69, 9.17) is 9.84 Å². The Balaban J connectivity index is 2.83. The molecule has 1 aromatic rings. The van der Waals surface area contributed by atoms with Gasteiger partial charge in [0.1, 0.15) is 0 Å². The molecular formula is C11H18N2O3S. The number of carboxylic acid groups (broad SMARTS) is 1. The van der Waals surface area contributed by atoms with E-state index in [0.717, 1.165) is 10.9 Å². The van der Waals surface area contributed by atoms with Crippen molar-refractivity contribution < 1.29 is 14.6 Å². The van der Waals surface area contributed by atoms with Crippen LogP contribution in [-0.2, 0) is 16.1 Å². The van der Waals surface area contributed by atoms with Gasteiger partial charge in [0.25, 0.3) is 0 Å². The molecule has 0 aliphatic heterocycles. The fourth-order valence-corrected chi connectivity index (χ4v) is 2.21. The van der Waals surface area contributed by atoms with Crippen molar-refractivity contribution in [3.8, 4) is 0 Å². The molecule has 1 rings (SSSR count). The highest BCUT2D eigenvalue weighted by Crippen LogP contribution is 2.23. The summed E-state index contributed by atoms with van der Waals surface area (Å²) in [5, 5.41) is 9.42. The number of hydrogen-bond donors (Lipinski definition) is 1. The molecular weight excluding hydrogens is 240 g/mol. The van der Waals surface area contributed by atoms with Crippen molar-refractivity contribution in [2.24, 2.45) is 0 Å². The molecule has 0 spiro atoms. The van der Waals surface area contributed by atoms with Crippen LogP contribution in [0.2, 0.25) is 0 Å². The van der Waals surface area contributed by atoms with Crippen molar-refractivity contribution in [2.75, 3.05) is 19.5 Å². The van der Waals surface area contributed by atoms with Gasteiger partial charge in [0.05, 0.1) is 12.4 Å². The summed E-state index contributed by atoms with van der Waals surface area (Å²) in [6.45, 7) is 5.47. The highest BCUT2D eigenvalue weighted by atomic mass is 32.2. The monoisotopic (exact) mass is 258 g/mol. The highest BCUT2D eigenvalue weighted by Gasteiger charge is 2.13. The molecule has 0 amide bonds. The van der Waals surface area contributed by atoms with Gasteiger partial charge in [0.15, 0.2) is 5.16 Å². The van der Waals surface area contributed by atoms with E-state index in [0.29, 0.717) is 19.1 Å². The molecule has 0 saturated carbocycles. The number of nitrogens with zero attached hydrogens (tertiary/aromatic N) is 2. The van der Waals surface area contributed by atoms with Crippen LogP contribution >= 0.6 is 11.8 Å². The van der Waals surface area contributed by atoms with Gasteiger partial charge < -0.3 is 14.4 Å². The second-order valence-electron chi connectivity index (χ2n) is 3.95. The second kappa shape index (κ2) is 6.66. The lowest BCUT2D eigenvalue weighted by Crippen LogP contribution is -2.11. The first-order valence-electron chi connectivity index (χ1n) is 5.45. The summed E-state index contributed by atoms with van der Waals surface area (Å²) in [4.78, 5) is 14.8. The minimum absolute atomic E-state index is 0.0293. The quantitative estimate of drug-likeness (QED) is 0.756. The second-order valence-corrected chi connectivity index (χ2v) is 4.89. The molecule has 1 aromatic heterocycles. The Bertz CT molecular complexity index is 377. The average Bonchev–Trinajstić information content (AvgIpc) is 2.66. The van der Waals surface area contributed by atoms with E-state index in [1.165, 1.54) is 11.8 Å². The molecule has 96 valence electrons. The molecule has 1 heterocycles. The molecule has 0 radical (unpaired) electrons. The SMILES string of the molecule is COCCn1c(C(C)C)cnc1SCC(=O)O. The van der Waals surface area contributed by atoms with Crippen LogP contribution in [0.15, 0.2) is 11.4 Å². The molecule has 0 bridgehead atoms. The summed E-state index contributed by atoms with van der Waals surface area (Å²) in [6.07, 6.45) is 1.81. The van der Waals surface area contributed by atoms with Crippen LogP contribution in [-0.4, -0.2) is 40.1 Å². The lowest BCUT2D eigenvalue weighted by molar-refractivity contribution is -0.133. The first-order chi connectivity index (χ1) is 8.06. The Morgan fingerprint density at radius 1 is 1.65 bits per heavy atom. The first kappa shape index (κ1) is 14.1. The fraction of sp³-hybridized carbons (Fsp3) is 0.636. The lowest BCUT2D eigenvalue weighted by Gasteiger charge is -2.12. The topological polar surface area (TPSA) is 64.4 Å². The largest absolute Gasteiger partial charge is 0.481 e. The van der Waals surface area contributed by atoms with Gasteiger partial charge in [-0.05, 0) is 5.92 Å². The van der Waals surface area contributed by atoms with E-state index in [-0.39, 0.29) is 5.75 Å². The number of rotatable bonds is 7. The van der Waals surface area contributed by atoms with Crippen LogP contribution in [0.25, 0.3) is 0 Å². The Hall–Kier alpha value is -1.01. The number of hydrogen-bond acceptors (Lipinski definition) is 4. The maximum atomic E-state index is 10.6. The minimum atomic E-state index is -0.831. The van der Waals surface area contributed by atoms with Crippen molar-refractivity contribution in [2.45, 2.75) is 31.5 Å². The molecule has 0 aliphatic rings. The third-order valence-electron chi connectivity index (χ3n) is 2.29. The Morgan fingerprint density at radius 3 is 2.88 bits per heavy atom. The number of methoxy groups -OCH3 is 1. The maximum absolute atomic E-state index is 10.6. The molecule has 17 heavy (non-hydrogen) atoms. The van der Waals surface area contributed by atoms with E-state index < -0.39 is 5.97 Å². The Labute approximate surface area is 105 Å². The zero-order valence-electron chi connectivity index (χ0n) is 10.3. The standard InChI is InChI=1S/C11H18N2O3S/c1-8(2)9-6-12-11(17-7-10(14)15)13(9)4-5-16-3/h6,8H,4-5,7H2,1-3H3,(H,14,15). The number of aliphatic carboxylic acids is 1. The number of carbonyl (C=O) groups is 1. The summed E-state index contributed by atoms with van der Waals surface area (Å²) in [7, 11) is 1.65. The normalized spacial score (nSPS) is 11.1. The van der Waals surface area contributed by atoms with Gasteiger partial charge in [-0.25, -0.2) is 4.98 Å². The third-order valence-corrected chi connectivity index (χ3v) is 3.26. The van der Waals surface area contributed by atoms with Gasteiger partial charge in [0.2, 0.25) is 0 Å². The van der Waals surface area contributed by atoms with Gasteiger partial charge in [-0.1, -0.05) is 25.6 Å². The first-order valence-corrected chi connectivity index (χ1v) is 6.43. The van der Waals surface area contributed by atoms with Crippen molar-refractivity contribution >= 4 is 17.7 Å². The summed E-state index contributed by atoms with van der Waals surface area (Å²) < 4.78 is 7.09. The fourth-order valence-electron chi connectivity index (χ4n) is 1.48. The third kappa shape index (κ3) is 4.05. The van der Waals surface area contributed by atoms with Gasteiger partial charge in [-0.3, -0.25) is 4.79 Å². The van der Waals surface area contributed by atoms with Crippen molar-refractivity contribution in [3.63, 3.8) is 0 Å². The van der Waals surface area contributed by atoms with Crippen LogP contribution in [0.5, 0.6) is 0 Å². The summed E-state index contributed by atoms with van der Waals surface area (Å²) >= 11 is 1.24. The number of carboxylic acids is 1. The van der Waals surface area contributed by atoms with Crippen LogP contribution in [0.4, 0.5) is 0 Å². The van der Waals surface area contributed by atoms with E-state index in [1.807, 2.05) is 10.8 Å². The Kier molecular flexibility index (Phi) is 5.50. The molecule has 0 unspecified atom stereocenters. The average molecular weight is 258 g/mol. The van der Waals surface area contributed by atoms with Crippen molar-refractivity contribution in [1.82, 2.24) is 9.55 Å². The summed E-state index contributed by atoms with van der Waals surface area (Å²) in [5.41, 5.74) is 1.11. The van der Waals surface area contributed by atoms with Crippen molar-refractivity contribution in [3.05, 3.63) is 11.9 Å². The Morgan fingerprint density at radius 2 is 2.35 bits per heavy atom. The van der Waals surface area contributed by atoms with E-state index in [9.17, 15) is 4.79 Å². The highest BCUT2D eigenvalue weighted by molar-refractivity contribution is 7.99.